The summed E-state index contributed by atoms with van der Waals surface area (Å²) in [6.45, 7) is 2.33. The minimum absolute atomic E-state index is 0.208. The van der Waals surface area contributed by atoms with Gasteiger partial charge in [0.25, 0.3) is 5.56 Å². The lowest BCUT2D eigenvalue weighted by Gasteiger charge is -2.12. The van der Waals surface area contributed by atoms with E-state index in [9.17, 15) is 14.0 Å². The molecule has 0 amide bonds. The van der Waals surface area contributed by atoms with Crippen LogP contribution in [0.4, 0.5) is 4.39 Å². The first kappa shape index (κ1) is 21.0. The van der Waals surface area contributed by atoms with Crippen LogP contribution < -0.4 is 16.0 Å². The van der Waals surface area contributed by atoms with E-state index in [4.69, 9.17) is 16.3 Å². The number of halogens is 2. The Morgan fingerprint density at radius 2 is 1.85 bits per heavy atom. The van der Waals surface area contributed by atoms with Crippen molar-refractivity contribution in [3.63, 3.8) is 0 Å². The van der Waals surface area contributed by atoms with Crippen LogP contribution >= 0.6 is 11.6 Å². The summed E-state index contributed by atoms with van der Waals surface area (Å²) in [5, 5.41) is 0.399. The van der Waals surface area contributed by atoms with Crippen LogP contribution in [-0.4, -0.2) is 29.7 Å². The molecule has 0 radical (unpaired) electrons. The maximum atomic E-state index is 14.9. The zero-order chi connectivity index (χ0) is 23.4. The van der Waals surface area contributed by atoms with E-state index in [1.807, 2.05) is 6.92 Å². The van der Waals surface area contributed by atoms with Crippen LogP contribution in [-0.2, 0) is 14.1 Å². The largest absolute Gasteiger partial charge is 0.492 e. The second-order valence-corrected chi connectivity index (χ2v) is 7.95. The molecule has 0 saturated heterocycles. The molecule has 0 aliphatic carbocycles. The monoisotopic (exact) mass is 467 g/mol. The summed E-state index contributed by atoms with van der Waals surface area (Å²) in [5.41, 5.74) is 0.899. The summed E-state index contributed by atoms with van der Waals surface area (Å²) in [6, 6.07) is 11.5. The van der Waals surface area contributed by atoms with Crippen molar-refractivity contribution in [1.82, 2.24) is 23.1 Å². The first-order chi connectivity index (χ1) is 15.8. The van der Waals surface area contributed by atoms with Crippen LogP contribution in [0.3, 0.4) is 0 Å². The maximum Gasteiger partial charge on any atom is 0.332 e. The molecule has 5 rings (SSSR count). The van der Waals surface area contributed by atoms with Crippen molar-refractivity contribution in [2.45, 2.75) is 6.92 Å². The lowest BCUT2D eigenvalue weighted by molar-refractivity contribution is 0.340. The van der Waals surface area contributed by atoms with Crippen molar-refractivity contribution in [2.75, 3.05) is 6.61 Å². The van der Waals surface area contributed by atoms with Gasteiger partial charge in [0.2, 0.25) is 5.78 Å². The smallest absolute Gasteiger partial charge is 0.332 e. The normalized spacial score (nSPS) is 11.5. The van der Waals surface area contributed by atoms with Gasteiger partial charge in [0, 0.05) is 25.9 Å². The predicted octanol–water partition coefficient (Wildman–Crippen LogP) is 3.53. The molecule has 0 aliphatic rings. The molecule has 0 atom stereocenters. The van der Waals surface area contributed by atoms with Gasteiger partial charge in [0.15, 0.2) is 11.2 Å². The van der Waals surface area contributed by atoms with Gasteiger partial charge in [0.05, 0.1) is 23.0 Å². The minimum Gasteiger partial charge on any atom is -0.492 e. The zero-order valence-corrected chi connectivity index (χ0v) is 18.8. The molecule has 3 heterocycles. The second kappa shape index (κ2) is 7.63. The van der Waals surface area contributed by atoms with Gasteiger partial charge in [-0.2, -0.15) is 4.98 Å². The molecule has 0 bridgehead atoms. The molecule has 0 unspecified atom stereocenters. The van der Waals surface area contributed by atoms with E-state index >= 15 is 0 Å². The number of rotatable bonds is 4. The highest BCUT2D eigenvalue weighted by atomic mass is 35.5. The Bertz CT molecular complexity index is 1680. The summed E-state index contributed by atoms with van der Waals surface area (Å²) in [4.78, 5) is 29.9. The van der Waals surface area contributed by atoms with Crippen molar-refractivity contribution in [3.8, 4) is 22.7 Å². The molecule has 0 spiro atoms. The molecule has 0 aliphatic heterocycles. The Kier molecular flexibility index (Phi) is 4.86. The van der Waals surface area contributed by atoms with E-state index in [1.165, 1.54) is 24.7 Å². The molecular formula is C23H19ClFN5O3. The van der Waals surface area contributed by atoms with Crippen LogP contribution in [0.25, 0.3) is 33.9 Å². The standard InChI is InChI=1S/C23H19ClFN5O3/c1-4-33-18-10-9-13(11-14(18)24)17-12-29-19-20(27(2)23(32)28(3)21(19)31)26-22(29)30(17)16-8-6-5-7-15(16)25/h5-12H,4H2,1-3H3. The number of hydrogen-bond acceptors (Lipinski definition) is 4. The molecule has 0 saturated carbocycles. The van der Waals surface area contributed by atoms with E-state index in [0.717, 1.165) is 4.57 Å². The topological polar surface area (TPSA) is 75.5 Å². The lowest BCUT2D eigenvalue weighted by Crippen LogP contribution is -2.37. The number of aryl methyl sites for hydroxylation is 1. The van der Waals surface area contributed by atoms with Gasteiger partial charge >= 0.3 is 5.69 Å². The Labute approximate surface area is 191 Å². The van der Waals surface area contributed by atoms with Gasteiger partial charge in [-0.3, -0.25) is 22.9 Å². The summed E-state index contributed by atoms with van der Waals surface area (Å²) < 4.78 is 25.9. The Morgan fingerprint density at radius 1 is 1.09 bits per heavy atom. The third-order valence-electron chi connectivity index (χ3n) is 5.59. The molecule has 8 nitrogen and oxygen atoms in total. The molecule has 10 heteroatoms. The Hall–Kier alpha value is -3.85. The van der Waals surface area contributed by atoms with Crippen LogP contribution in [0.1, 0.15) is 6.92 Å². The quantitative estimate of drug-likeness (QED) is 0.405. The van der Waals surface area contributed by atoms with E-state index in [1.54, 1.807) is 51.6 Å². The van der Waals surface area contributed by atoms with Crippen molar-refractivity contribution in [3.05, 3.63) is 80.3 Å². The van der Waals surface area contributed by atoms with Crippen LogP contribution in [0.5, 0.6) is 5.75 Å². The number of aromatic nitrogens is 5. The van der Waals surface area contributed by atoms with Crippen LogP contribution in [0.15, 0.2) is 58.3 Å². The fourth-order valence-corrected chi connectivity index (χ4v) is 4.21. The molecule has 0 N–H and O–H groups in total. The van der Waals surface area contributed by atoms with Gasteiger partial charge in [-0.15, -0.1) is 0 Å². The van der Waals surface area contributed by atoms with Gasteiger partial charge in [-0.05, 0) is 37.3 Å². The van der Waals surface area contributed by atoms with E-state index in [-0.39, 0.29) is 22.6 Å². The molecule has 5 aromatic rings. The van der Waals surface area contributed by atoms with Crippen molar-refractivity contribution >= 4 is 28.5 Å². The summed E-state index contributed by atoms with van der Waals surface area (Å²) in [6.07, 6.45) is 1.69. The molecule has 2 aromatic carbocycles. The van der Waals surface area contributed by atoms with Crippen LogP contribution in [0, 0.1) is 5.82 Å². The SMILES string of the molecule is CCOc1ccc(-c2cn3c4c(=O)n(C)c(=O)n(C)c4nc3n2-c2ccccc2F)cc1Cl. The Balaban J connectivity index is 1.91. The summed E-state index contributed by atoms with van der Waals surface area (Å²) in [7, 11) is 2.95. The van der Waals surface area contributed by atoms with E-state index in [0.29, 0.717) is 28.6 Å². The summed E-state index contributed by atoms with van der Waals surface area (Å²) >= 11 is 6.42. The fourth-order valence-electron chi connectivity index (χ4n) is 3.98. The van der Waals surface area contributed by atoms with Gasteiger partial charge in [0.1, 0.15) is 11.6 Å². The Morgan fingerprint density at radius 3 is 2.55 bits per heavy atom. The van der Waals surface area contributed by atoms with Crippen LogP contribution in [0.2, 0.25) is 5.02 Å². The van der Waals surface area contributed by atoms with Gasteiger partial charge in [-0.1, -0.05) is 23.7 Å². The average molecular weight is 468 g/mol. The van der Waals surface area contributed by atoms with E-state index in [2.05, 4.69) is 4.98 Å². The number of fused-ring (bicyclic) bond motifs is 3. The highest BCUT2D eigenvalue weighted by Gasteiger charge is 2.23. The van der Waals surface area contributed by atoms with Gasteiger partial charge < -0.3 is 4.74 Å². The number of imidazole rings is 2. The maximum absolute atomic E-state index is 14.9. The van der Waals surface area contributed by atoms with Gasteiger partial charge in [-0.25, -0.2) is 9.18 Å². The number of hydrogen-bond donors (Lipinski definition) is 0. The first-order valence-corrected chi connectivity index (χ1v) is 10.6. The molecule has 33 heavy (non-hydrogen) atoms. The van der Waals surface area contributed by atoms with E-state index < -0.39 is 17.1 Å². The second-order valence-electron chi connectivity index (χ2n) is 7.54. The van der Waals surface area contributed by atoms with Crippen molar-refractivity contribution in [2.24, 2.45) is 14.1 Å². The molecule has 3 aromatic heterocycles. The number of para-hydroxylation sites is 1. The third kappa shape index (κ3) is 3.07. The third-order valence-corrected chi connectivity index (χ3v) is 5.88. The summed E-state index contributed by atoms with van der Waals surface area (Å²) in [5.74, 6) is 0.349. The van der Waals surface area contributed by atoms with Crippen molar-refractivity contribution < 1.29 is 9.13 Å². The predicted molar refractivity (Wildman–Crippen MR) is 124 cm³/mol. The van der Waals surface area contributed by atoms with Crippen molar-refractivity contribution in [1.29, 1.82) is 0 Å². The number of ether oxygens (including phenoxy) is 1. The fraction of sp³-hybridized carbons (Fsp3) is 0.174. The molecule has 0 fully saturated rings. The highest BCUT2D eigenvalue weighted by molar-refractivity contribution is 6.32. The minimum atomic E-state index is -0.498. The number of benzene rings is 2. The molecule has 168 valence electrons. The number of nitrogens with zero attached hydrogens (tertiary/aromatic N) is 5. The lowest BCUT2D eigenvalue weighted by atomic mass is 10.1. The first-order valence-electron chi connectivity index (χ1n) is 10.2. The molecular weight excluding hydrogens is 449 g/mol. The zero-order valence-electron chi connectivity index (χ0n) is 18.0. The average Bonchev–Trinajstić information content (AvgIpc) is 3.34. The highest BCUT2D eigenvalue weighted by Crippen LogP contribution is 2.34.